The highest BCUT2D eigenvalue weighted by atomic mass is 19.3. The lowest BCUT2D eigenvalue weighted by atomic mass is 10.0. The molecule has 3 nitrogen and oxygen atoms in total. The fourth-order valence-electron chi connectivity index (χ4n) is 1.41. The lowest BCUT2D eigenvalue weighted by molar-refractivity contribution is -0.144. The first kappa shape index (κ1) is 12.4. The van der Waals surface area contributed by atoms with Crippen LogP contribution in [0, 0.1) is 0 Å². The third-order valence-corrected chi connectivity index (χ3v) is 2.05. The van der Waals surface area contributed by atoms with E-state index in [4.69, 9.17) is 9.84 Å². The van der Waals surface area contributed by atoms with Gasteiger partial charge in [0, 0.05) is 12.0 Å². The first-order valence-corrected chi connectivity index (χ1v) is 4.66. The minimum atomic E-state index is -3.26. The molecule has 0 saturated carbocycles. The Labute approximate surface area is 91.7 Å². The Morgan fingerprint density at radius 3 is 2.62 bits per heavy atom. The molecule has 0 amide bonds. The van der Waals surface area contributed by atoms with Gasteiger partial charge in [-0.1, -0.05) is 18.2 Å². The van der Waals surface area contributed by atoms with Gasteiger partial charge in [0.1, 0.15) is 12.2 Å². The zero-order valence-corrected chi connectivity index (χ0v) is 8.74. The summed E-state index contributed by atoms with van der Waals surface area (Å²) in [5.74, 6) is -4.44. The van der Waals surface area contributed by atoms with E-state index in [1.165, 1.54) is 13.2 Å². The molecule has 1 N–H and O–H groups in total. The smallest absolute Gasteiger partial charge is 0.309 e. The van der Waals surface area contributed by atoms with Crippen molar-refractivity contribution in [3.8, 4) is 5.75 Å². The average Bonchev–Trinajstić information content (AvgIpc) is 2.15. The van der Waals surface area contributed by atoms with Crippen LogP contribution in [0.25, 0.3) is 0 Å². The minimum absolute atomic E-state index is 0.302. The van der Waals surface area contributed by atoms with Gasteiger partial charge in [-0.3, -0.25) is 4.79 Å². The normalized spacial score (nSPS) is 11.2. The Kier molecular flexibility index (Phi) is 3.82. The van der Waals surface area contributed by atoms with Crippen molar-refractivity contribution >= 4 is 5.97 Å². The number of methoxy groups -OCH3 is 1. The van der Waals surface area contributed by atoms with E-state index < -0.39 is 24.7 Å². The largest absolute Gasteiger partial charge is 0.496 e. The van der Waals surface area contributed by atoms with Crippen molar-refractivity contribution in [1.82, 2.24) is 0 Å². The summed E-state index contributed by atoms with van der Waals surface area (Å²) in [6.07, 6.45) is -1.81. The number of para-hydroxylation sites is 1. The summed E-state index contributed by atoms with van der Waals surface area (Å²) in [4.78, 5) is 10.2. The monoisotopic (exact) mass is 230 g/mol. The van der Waals surface area contributed by atoms with Crippen molar-refractivity contribution in [1.29, 1.82) is 0 Å². The second kappa shape index (κ2) is 4.92. The average molecular weight is 230 g/mol. The van der Waals surface area contributed by atoms with Crippen molar-refractivity contribution in [2.24, 2.45) is 0 Å². The van der Waals surface area contributed by atoms with Gasteiger partial charge in [-0.15, -0.1) is 0 Å². The SMILES string of the molecule is COc1ccccc1CC(F)(F)CC(=O)O. The maximum absolute atomic E-state index is 13.2. The molecule has 0 fully saturated rings. The van der Waals surface area contributed by atoms with Gasteiger partial charge in [0.05, 0.1) is 7.11 Å². The number of aliphatic carboxylic acids is 1. The summed E-state index contributed by atoms with van der Waals surface area (Å²) in [6.45, 7) is 0. The number of hydrogen-bond acceptors (Lipinski definition) is 2. The molecule has 0 bridgehead atoms. The van der Waals surface area contributed by atoms with Crippen molar-refractivity contribution in [3.63, 3.8) is 0 Å². The van der Waals surface area contributed by atoms with Gasteiger partial charge in [0.25, 0.3) is 5.92 Å². The molecule has 0 aromatic heterocycles. The maximum atomic E-state index is 13.2. The zero-order valence-electron chi connectivity index (χ0n) is 8.74. The Bertz CT molecular complexity index is 377. The molecule has 0 atom stereocenters. The van der Waals surface area contributed by atoms with E-state index >= 15 is 0 Å². The molecule has 0 radical (unpaired) electrons. The number of hydrogen-bond donors (Lipinski definition) is 1. The molecule has 5 heteroatoms. The molecular formula is C11H12F2O3. The third kappa shape index (κ3) is 3.49. The van der Waals surface area contributed by atoms with Gasteiger partial charge in [0.15, 0.2) is 0 Å². The molecule has 88 valence electrons. The van der Waals surface area contributed by atoms with Crippen LogP contribution in [0.1, 0.15) is 12.0 Å². The second-order valence-electron chi connectivity index (χ2n) is 3.42. The predicted octanol–water partition coefficient (Wildman–Crippen LogP) is 2.35. The Balaban J connectivity index is 2.82. The highest BCUT2D eigenvalue weighted by Crippen LogP contribution is 2.28. The third-order valence-electron chi connectivity index (χ3n) is 2.05. The standard InChI is InChI=1S/C11H12F2O3/c1-16-9-5-3-2-4-8(9)6-11(12,13)7-10(14)15/h2-5H,6-7H2,1H3,(H,14,15). The zero-order chi connectivity index (χ0) is 12.2. The predicted molar refractivity (Wildman–Crippen MR) is 53.9 cm³/mol. The molecule has 0 aliphatic rings. The lowest BCUT2D eigenvalue weighted by Gasteiger charge is -2.15. The summed E-state index contributed by atoms with van der Waals surface area (Å²) in [6, 6.07) is 6.33. The molecule has 0 aliphatic carbocycles. The Hall–Kier alpha value is -1.65. The quantitative estimate of drug-likeness (QED) is 0.844. The van der Waals surface area contributed by atoms with Gasteiger partial charge >= 0.3 is 5.97 Å². The number of halogens is 2. The van der Waals surface area contributed by atoms with Gasteiger partial charge in [0.2, 0.25) is 0 Å². The van der Waals surface area contributed by atoms with Gasteiger partial charge in [-0.25, -0.2) is 8.78 Å². The van der Waals surface area contributed by atoms with E-state index in [2.05, 4.69) is 0 Å². The maximum Gasteiger partial charge on any atom is 0.309 e. The van der Waals surface area contributed by atoms with Crippen molar-refractivity contribution in [2.45, 2.75) is 18.8 Å². The van der Waals surface area contributed by atoms with Gasteiger partial charge < -0.3 is 9.84 Å². The number of carboxylic acid groups (broad SMARTS) is 1. The van der Waals surface area contributed by atoms with Crippen molar-refractivity contribution in [3.05, 3.63) is 29.8 Å². The molecule has 1 aromatic rings. The first-order valence-electron chi connectivity index (χ1n) is 4.66. The molecule has 16 heavy (non-hydrogen) atoms. The summed E-state index contributed by atoms with van der Waals surface area (Å²) < 4.78 is 31.4. The van der Waals surface area contributed by atoms with Crippen LogP contribution in [0.2, 0.25) is 0 Å². The molecule has 0 aliphatic heterocycles. The number of rotatable bonds is 5. The van der Waals surface area contributed by atoms with E-state index in [1.807, 2.05) is 0 Å². The number of ether oxygens (including phenoxy) is 1. The van der Waals surface area contributed by atoms with Crippen LogP contribution in [0.4, 0.5) is 8.78 Å². The summed E-state index contributed by atoms with van der Waals surface area (Å²) >= 11 is 0. The van der Waals surface area contributed by atoms with Crippen molar-refractivity contribution < 1.29 is 23.4 Å². The molecule has 0 heterocycles. The molecule has 0 spiro atoms. The topological polar surface area (TPSA) is 46.5 Å². The molecule has 0 saturated heterocycles. The highest BCUT2D eigenvalue weighted by Gasteiger charge is 2.33. The Morgan fingerprint density at radius 1 is 1.44 bits per heavy atom. The van der Waals surface area contributed by atoms with Crippen LogP contribution in [0.3, 0.4) is 0 Å². The summed E-state index contributed by atoms with van der Waals surface area (Å²) in [5.41, 5.74) is 0.302. The first-order chi connectivity index (χ1) is 7.44. The van der Waals surface area contributed by atoms with Crippen molar-refractivity contribution in [2.75, 3.05) is 7.11 Å². The van der Waals surface area contributed by atoms with E-state index in [0.717, 1.165) is 0 Å². The van der Waals surface area contributed by atoms with Crippen LogP contribution in [0.5, 0.6) is 5.75 Å². The number of carboxylic acids is 1. The lowest BCUT2D eigenvalue weighted by Crippen LogP contribution is -2.24. The van der Waals surface area contributed by atoms with Crippen LogP contribution in [-0.4, -0.2) is 24.1 Å². The summed E-state index contributed by atoms with van der Waals surface area (Å²) in [5, 5.41) is 8.34. The summed E-state index contributed by atoms with van der Waals surface area (Å²) in [7, 11) is 1.38. The van der Waals surface area contributed by atoms with E-state index in [-0.39, 0.29) is 0 Å². The molecule has 1 aromatic carbocycles. The van der Waals surface area contributed by atoms with Gasteiger partial charge in [-0.05, 0) is 6.07 Å². The van der Waals surface area contributed by atoms with Crippen LogP contribution >= 0.6 is 0 Å². The minimum Gasteiger partial charge on any atom is -0.496 e. The van der Waals surface area contributed by atoms with E-state index in [1.54, 1.807) is 18.2 Å². The number of carbonyl (C=O) groups is 1. The molecule has 1 rings (SSSR count). The Morgan fingerprint density at radius 2 is 2.06 bits per heavy atom. The number of alkyl halides is 2. The fourth-order valence-corrected chi connectivity index (χ4v) is 1.41. The second-order valence-corrected chi connectivity index (χ2v) is 3.42. The van der Waals surface area contributed by atoms with Gasteiger partial charge in [-0.2, -0.15) is 0 Å². The highest BCUT2D eigenvalue weighted by molar-refractivity contribution is 5.67. The fraction of sp³-hybridized carbons (Fsp3) is 0.364. The molecular weight excluding hydrogens is 218 g/mol. The van der Waals surface area contributed by atoms with Crippen LogP contribution < -0.4 is 4.74 Å². The van der Waals surface area contributed by atoms with Crippen LogP contribution in [0.15, 0.2) is 24.3 Å². The van der Waals surface area contributed by atoms with E-state index in [0.29, 0.717) is 11.3 Å². The van der Waals surface area contributed by atoms with E-state index in [9.17, 15) is 13.6 Å². The van der Waals surface area contributed by atoms with Crippen LogP contribution in [-0.2, 0) is 11.2 Å². The molecule has 0 unspecified atom stereocenters. The number of benzene rings is 1.